The lowest BCUT2D eigenvalue weighted by molar-refractivity contribution is -0.153. The summed E-state index contributed by atoms with van der Waals surface area (Å²) in [6, 6.07) is 9.46. The van der Waals surface area contributed by atoms with Crippen molar-refractivity contribution in [3.05, 3.63) is 52.5 Å². The smallest absolute Gasteiger partial charge is 0.422 e. The Bertz CT molecular complexity index is 696. The van der Waals surface area contributed by atoms with Gasteiger partial charge in [-0.05, 0) is 53.9 Å². The van der Waals surface area contributed by atoms with E-state index in [-0.39, 0.29) is 11.3 Å². The summed E-state index contributed by atoms with van der Waals surface area (Å²) in [6.45, 7) is 0.439. The van der Waals surface area contributed by atoms with Crippen molar-refractivity contribution >= 4 is 17.9 Å². The topological polar surface area (TPSA) is 26.3 Å². The second-order valence-corrected chi connectivity index (χ2v) is 5.17. The molecule has 0 amide bonds. The molecule has 2 aromatic carbocycles. The van der Waals surface area contributed by atoms with Crippen molar-refractivity contribution in [1.82, 2.24) is 0 Å². The molecule has 0 fully saturated rings. The van der Waals surface area contributed by atoms with E-state index in [1.54, 1.807) is 24.3 Å². The molecule has 2 aromatic rings. The van der Waals surface area contributed by atoms with Crippen molar-refractivity contribution in [2.45, 2.75) is 13.1 Å². The van der Waals surface area contributed by atoms with Gasteiger partial charge in [-0.2, -0.15) is 13.2 Å². The first-order chi connectivity index (χ1) is 10.3. The van der Waals surface area contributed by atoms with Gasteiger partial charge in [-0.15, -0.1) is 0 Å². The highest BCUT2D eigenvalue weighted by Crippen LogP contribution is 2.31. The molecular weight excluding hydrogens is 317 g/mol. The Morgan fingerprint density at radius 1 is 1.14 bits per heavy atom. The Kier molecular flexibility index (Phi) is 4.76. The van der Waals surface area contributed by atoms with Gasteiger partial charge in [0.15, 0.2) is 12.9 Å². The van der Waals surface area contributed by atoms with Crippen LogP contribution in [-0.2, 0) is 0 Å². The molecule has 0 spiro atoms. The first kappa shape index (κ1) is 16.4. The molecule has 116 valence electrons. The van der Waals surface area contributed by atoms with E-state index in [1.807, 2.05) is 6.92 Å². The lowest BCUT2D eigenvalue weighted by Gasteiger charge is -2.13. The summed E-state index contributed by atoms with van der Waals surface area (Å²) in [7, 11) is 0. The second-order valence-electron chi connectivity index (χ2n) is 4.73. The predicted molar refractivity (Wildman–Crippen MR) is 78.6 cm³/mol. The molecule has 2 nitrogen and oxygen atoms in total. The van der Waals surface area contributed by atoms with Gasteiger partial charge in [0.2, 0.25) is 0 Å². The van der Waals surface area contributed by atoms with E-state index >= 15 is 0 Å². The average Bonchev–Trinajstić information content (AvgIpc) is 2.44. The highest BCUT2D eigenvalue weighted by molar-refractivity contribution is 6.30. The van der Waals surface area contributed by atoms with Crippen LogP contribution in [0.15, 0.2) is 36.4 Å². The molecular formula is C16H12ClF3O2. The monoisotopic (exact) mass is 328 g/mol. The van der Waals surface area contributed by atoms with Gasteiger partial charge in [-0.1, -0.05) is 17.7 Å². The van der Waals surface area contributed by atoms with Crippen LogP contribution in [0.2, 0.25) is 5.02 Å². The third kappa shape index (κ3) is 4.01. The lowest BCUT2D eigenvalue weighted by Crippen LogP contribution is -2.19. The van der Waals surface area contributed by atoms with Crippen molar-refractivity contribution in [1.29, 1.82) is 0 Å². The molecule has 22 heavy (non-hydrogen) atoms. The first-order valence-corrected chi connectivity index (χ1v) is 6.73. The van der Waals surface area contributed by atoms with E-state index < -0.39 is 12.8 Å². The fraction of sp³-hybridized carbons (Fsp3) is 0.188. The summed E-state index contributed by atoms with van der Waals surface area (Å²) < 4.78 is 41.1. The molecule has 2 rings (SSSR count). The number of aldehydes is 1. The van der Waals surface area contributed by atoms with Gasteiger partial charge in [0.1, 0.15) is 5.75 Å². The van der Waals surface area contributed by atoms with Gasteiger partial charge in [-0.3, -0.25) is 4.79 Å². The minimum Gasteiger partial charge on any atom is -0.484 e. The SMILES string of the molecule is Cc1cc(Cl)ccc1-c1ccc(OCC(F)(F)F)cc1C=O. The lowest BCUT2D eigenvalue weighted by atomic mass is 9.96. The van der Waals surface area contributed by atoms with Crippen LogP contribution in [0.4, 0.5) is 13.2 Å². The van der Waals surface area contributed by atoms with Crippen LogP contribution >= 0.6 is 11.6 Å². The minimum atomic E-state index is -4.42. The molecule has 0 saturated carbocycles. The van der Waals surface area contributed by atoms with E-state index in [2.05, 4.69) is 4.74 Å². The minimum absolute atomic E-state index is 0.00482. The summed E-state index contributed by atoms with van der Waals surface area (Å²) in [5, 5.41) is 0.569. The van der Waals surface area contributed by atoms with E-state index in [4.69, 9.17) is 11.6 Å². The first-order valence-electron chi connectivity index (χ1n) is 6.35. The number of carbonyl (C=O) groups excluding carboxylic acids is 1. The van der Waals surface area contributed by atoms with Crippen LogP contribution in [0, 0.1) is 6.92 Å². The van der Waals surface area contributed by atoms with Crippen molar-refractivity contribution < 1.29 is 22.7 Å². The van der Waals surface area contributed by atoms with Crippen LogP contribution in [0.1, 0.15) is 15.9 Å². The summed E-state index contributed by atoms with van der Waals surface area (Å²) in [5.74, 6) is -0.00482. The van der Waals surface area contributed by atoms with Crippen molar-refractivity contribution in [3.63, 3.8) is 0 Å². The normalized spacial score (nSPS) is 11.3. The summed E-state index contributed by atoms with van der Waals surface area (Å²) >= 11 is 5.89. The number of aryl methyl sites for hydroxylation is 1. The number of halogens is 4. The van der Waals surface area contributed by atoms with Crippen molar-refractivity contribution in [3.8, 4) is 16.9 Å². The fourth-order valence-electron chi connectivity index (χ4n) is 2.07. The van der Waals surface area contributed by atoms with Crippen LogP contribution in [0.25, 0.3) is 11.1 Å². The zero-order chi connectivity index (χ0) is 16.3. The van der Waals surface area contributed by atoms with E-state index in [0.717, 1.165) is 11.1 Å². The Balaban J connectivity index is 2.35. The molecule has 0 aliphatic rings. The maximum absolute atomic E-state index is 12.2. The zero-order valence-corrected chi connectivity index (χ0v) is 12.3. The van der Waals surface area contributed by atoms with Gasteiger partial charge >= 0.3 is 6.18 Å². The molecule has 0 heterocycles. The molecule has 0 N–H and O–H groups in total. The highest BCUT2D eigenvalue weighted by atomic mass is 35.5. The third-order valence-electron chi connectivity index (χ3n) is 3.03. The number of rotatable bonds is 4. The van der Waals surface area contributed by atoms with Crippen molar-refractivity contribution in [2.75, 3.05) is 6.61 Å². The van der Waals surface area contributed by atoms with Gasteiger partial charge in [0, 0.05) is 10.6 Å². The summed E-state index contributed by atoms with van der Waals surface area (Å²) in [4.78, 5) is 11.2. The Hall–Kier alpha value is -2.01. The third-order valence-corrected chi connectivity index (χ3v) is 3.27. The number of ether oxygens (including phenoxy) is 1. The van der Waals surface area contributed by atoms with Gasteiger partial charge in [0.05, 0.1) is 0 Å². The number of hydrogen-bond acceptors (Lipinski definition) is 2. The average molecular weight is 329 g/mol. The van der Waals surface area contributed by atoms with E-state index in [0.29, 0.717) is 16.9 Å². The highest BCUT2D eigenvalue weighted by Gasteiger charge is 2.28. The molecule has 0 radical (unpaired) electrons. The Morgan fingerprint density at radius 2 is 1.82 bits per heavy atom. The van der Waals surface area contributed by atoms with E-state index in [9.17, 15) is 18.0 Å². The van der Waals surface area contributed by atoms with Crippen LogP contribution in [-0.4, -0.2) is 19.1 Å². The number of carbonyl (C=O) groups is 1. The molecule has 6 heteroatoms. The quantitative estimate of drug-likeness (QED) is 0.732. The number of alkyl halides is 3. The molecule has 0 bridgehead atoms. The molecule has 0 aliphatic carbocycles. The van der Waals surface area contributed by atoms with Crippen LogP contribution in [0.5, 0.6) is 5.75 Å². The van der Waals surface area contributed by atoms with Gasteiger partial charge in [0.25, 0.3) is 0 Å². The Morgan fingerprint density at radius 3 is 2.41 bits per heavy atom. The largest absolute Gasteiger partial charge is 0.484 e. The fourth-order valence-corrected chi connectivity index (χ4v) is 2.29. The molecule has 0 aromatic heterocycles. The van der Waals surface area contributed by atoms with Gasteiger partial charge < -0.3 is 4.74 Å². The maximum Gasteiger partial charge on any atom is 0.422 e. The number of benzene rings is 2. The predicted octanol–water partition coefficient (Wildman–Crippen LogP) is 5.07. The standard InChI is InChI=1S/C16H12ClF3O2/c1-10-6-12(17)2-4-14(10)15-5-3-13(7-11(15)8-21)22-9-16(18,19)20/h2-8H,9H2,1H3. The molecule has 0 unspecified atom stereocenters. The van der Waals surface area contributed by atoms with Crippen LogP contribution < -0.4 is 4.74 Å². The van der Waals surface area contributed by atoms with Crippen LogP contribution in [0.3, 0.4) is 0 Å². The zero-order valence-electron chi connectivity index (χ0n) is 11.6. The maximum atomic E-state index is 12.2. The summed E-state index contributed by atoms with van der Waals surface area (Å²) in [5.41, 5.74) is 2.52. The molecule has 0 saturated heterocycles. The summed E-state index contributed by atoms with van der Waals surface area (Å²) in [6.07, 6.45) is -3.84. The molecule has 0 aliphatic heterocycles. The molecule has 0 atom stereocenters. The number of hydrogen-bond donors (Lipinski definition) is 0. The van der Waals surface area contributed by atoms with Crippen molar-refractivity contribution in [2.24, 2.45) is 0 Å². The van der Waals surface area contributed by atoms with Gasteiger partial charge in [-0.25, -0.2) is 0 Å². The second kappa shape index (κ2) is 6.40. The van der Waals surface area contributed by atoms with E-state index in [1.165, 1.54) is 12.1 Å². The Labute approximate surface area is 130 Å².